The van der Waals surface area contributed by atoms with Gasteiger partial charge >= 0.3 is 0 Å². The SMILES string of the molecule is C[C@H](N)c1c(F)cccc1Oc1cc(F)ccc1Br. The van der Waals surface area contributed by atoms with Crippen molar-refractivity contribution in [3.8, 4) is 11.5 Å². The Morgan fingerprint density at radius 3 is 2.58 bits per heavy atom. The van der Waals surface area contributed by atoms with Gasteiger partial charge in [0.25, 0.3) is 0 Å². The summed E-state index contributed by atoms with van der Waals surface area (Å²) in [6.07, 6.45) is 0. The molecule has 0 aliphatic carbocycles. The van der Waals surface area contributed by atoms with Gasteiger partial charge in [0, 0.05) is 17.7 Å². The lowest BCUT2D eigenvalue weighted by atomic mass is 10.1. The second kappa shape index (κ2) is 5.67. The van der Waals surface area contributed by atoms with Gasteiger partial charge in [-0.05, 0) is 47.1 Å². The third kappa shape index (κ3) is 3.11. The van der Waals surface area contributed by atoms with Crippen LogP contribution in [-0.4, -0.2) is 0 Å². The first-order valence-electron chi connectivity index (χ1n) is 5.66. The molecule has 0 amide bonds. The summed E-state index contributed by atoms with van der Waals surface area (Å²) in [5.74, 6) is -0.328. The summed E-state index contributed by atoms with van der Waals surface area (Å²) >= 11 is 3.25. The van der Waals surface area contributed by atoms with Crippen LogP contribution in [0.4, 0.5) is 8.78 Å². The zero-order valence-electron chi connectivity index (χ0n) is 10.2. The summed E-state index contributed by atoms with van der Waals surface area (Å²) in [6.45, 7) is 1.66. The maximum Gasteiger partial charge on any atom is 0.144 e. The molecule has 0 aliphatic heterocycles. The highest BCUT2D eigenvalue weighted by molar-refractivity contribution is 9.10. The molecule has 0 saturated carbocycles. The lowest BCUT2D eigenvalue weighted by Gasteiger charge is -2.15. The molecule has 2 nitrogen and oxygen atoms in total. The lowest BCUT2D eigenvalue weighted by Crippen LogP contribution is -2.09. The van der Waals surface area contributed by atoms with Crippen molar-refractivity contribution in [3.63, 3.8) is 0 Å². The molecule has 5 heteroatoms. The molecule has 2 rings (SSSR count). The largest absolute Gasteiger partial charge is 0.456 e. The van der Waals surface area contributed by atoms with Crippen LogP contribution in [0, 0.1) is 11.6 Å². The van der Waals surface area contributed by atoms with Gasteiger partial charge in [-0.25, -0.2) is 8.78 Å². The molecule has 19 heavy (non-hydrogen) atoms. The maximum atomic E-state index is 13.7. The van der Waals surface area contributed by atoms with E-state index in [0.29, 0.717) is 4.47 Å². The molecule has 0 aromatic heterocycles. The van der Waals surface area contributed by atoms with Crippen molar-refractivity contribution >= 4 is 15.9 Å². The van der Waals surface area contributed by atoms with E-state index in [-0.39, 0.29) is 17.1 Å². The first-order chi connectivity index (χ1) is 8.99. The van der Waals surface area contributed by atoms with Crippen molar-refractivity contribution in [2.45, 2.75) is 13.0 Å². The molecule has 2 aromatic rings. The third-order valence-electron chi connectivity index (χ3n) is 2.58. The molecule has 1 atom stereocenters. The minimum atomic E-state index is -0.525. The molecule has 100 valence electrons. The zero-order chi connectivity index (χ0) is 14.0. The molecular formula is C14H12BrF2NO. The highest BCUT2D eigenvalue weighted by Crippen LogP contribution is 2.34. The highest BCUT2D eigenvalue weighted by atomic mass is 79.9. The van der Waals surface area contributed by atoms with Crippen LogP contribution in [0.25, 0.3) is 0 Å². The van der Waals surface area contributed by atoms with Gasteiger partial charge in [-0.3, -0.25) is 0 Å². The molecule has 0 aliphatic rings. The van der Waals surface area contributed by atoms with Gasteiger partial charge in [-0.1, -0.05) is 6.07 Å². The summed E-state index contributed by atoms with van der Waals surface area (Å²) in [7, 11) is 0. The van der Waals surface area contributed by atoms with E-state index in [1.807, 2.05) is 0 Å². The Hall–Kier alpha value is -1.46. The van der Waals surface area contributed by atoms with E-state index in [0.717, 1.165) is 0 Å². The second-order valence-corrected chi connectivity index (χ2v) is 4.97. The predicted octanol–water partition coefficient (Wildman–Crippen LogP) is 4.54. The van der Waals surface area contributed by atoms with Crippen LogP contribution in [0.5, 0.6) is 11.5 Å². The number of nitrogens with two attached hydrogens (primary N) is 1. The van der Waals surface area contributed by atoms with Crippen LogP contribution in [0.3, 0.4) is 0 Å². The Bertz CT molecular complexity index is 602. The van der Waals surface area contributed by atoms with E-state index in [1.54, 1.807) is 13.0 Å². The van der Waals surface area contributed by atoms with Crippen LogP contribution >= 0.6 is 15.9 Å². The topological polar surface area (TPSA) is 35.2 Å². The van der Waals surface area contributed by atoms with Crippen molar-refractivity contribution in [1.29, 1.82) is 0 Å². The van der Waals surface area contributed by atoms with Crippen molar-refractivity contribution in [1.82, 2.24) is 0 Å². The fourth-order valence-electron chi connectivity index (χ4n) is 1.72. The van der Waals surface area contributed by atoms with Gasteiger partial charge in [-0.2, -0.15) is 0 Å². The first-order valence-corrected chi connectivity index (χ1v) is 6.45. The molecule has 0 saturated heterocycles. The molecule has 2 N–H and O–H groups in total. The Morgan fingerprint density at radius 1 is 1.16 bits per heavy atom. The Kier molecular flexibility index (Phi) is 4.17. The molecule has 0 radical (unpaired) electrons. The second-order valence-electron chi connectivity index (χ2n) is 4.12. The highest BCUT2D eigenvalue weighted by Gasteiger charge is 2.15. The Labute approximate surface area is 118 Å². The fourth-order valence-corrected chi connectivity index (χ4v) is 2.05. The average molecular weight is 328 g/mol. The van der Waals surface area contributed by atoms with Crippen molar-refractivity contribution in [3.05, 3.63) is 58.1 Å². The van der Waals surface area contributed by atoms with Crippen LogP contribution < -0.4 is 10.5 Å². The van der Waals surface area contributed by atoms with Gasteiger partial charge in [0.15, 0.2) is 0 Å². The number of hydrogen-bond acceptors (Lipinski definition) is 2. The fraction of sp³-hybridized carbons (Fsp3) is 0.143. The van der Waals surface area contributed by atoms with Gasteiger partial charge in [0.1, 0.15) is 23.1 Å². The quantitative estimate of drug-likeness (QED) is 0.898. The third-order valence-corrected chi connectivity index (χ3v) is 3.24. The molecular weight excluding hydrogens is 316 g/mol. The van der Waals surface area contributed by atoms with Crippen molar-refractivity contribution < 1.29 is 13.5 Å². The van der Waals surface area contributed by atoms with Crippen LogP contribution in [0.2, 0.25) is 0 Å². The van der Waals surface area contributed by atoms with E-state index in [4.69, 9.17) is 10.5 Å². The molecule has 0 spiro atoms. The standard InChI is InChI=1S/C14H12BrF2NO/c1-8(18)14-11(17)3-2-4-12(14)19-13-7-9(16)5-6-10(13)15/h2-8H,18H2,1H3/t8-/m0/s1. The average Bonchev–Trinajstić information content (AvgIpc) is 2.33. The van der Waals surface area contributed by atoms with Crippen LogP contribution in [0.1, 0.15) is 18.5 Å². The first kappa shape index (κ1) is 14.0. The van der Waals surface area contributed by atoms with Gasteiger partial charge in [0.05, 0.1) is 4.47 Å². The molecule has 0 fully saturated rings. The Morgan fingerprint density at radius 2 is 1.89 bits per heavy atom. The smallest absolute Gasteiger partial charge is 0.144 e. The summed E-state index contributed by atoms with van der Waals surface area (Å²) in [4.78, 5) is 0. The van der Waals surface area contributed by atoms with E-state index < -0.39 is 17.7 Å². The summed E-state index contributed by atoms with van der Waals surface area (Å²) in [6, 6.07) is 7.95. The number of rotatable bonds is 3. The maximum absolute atomic E-state index is 13.7. The van der Waals surface area contributed by atoms with E-state index in [9.17, 15) is 8.78 Å². The summed E-state index contributed by atoms with van der Waals surface area (Å²) in [5.41, 5.74) is 5.99. The number of hydrogen-bond donors (Lipinski definition) is 1. The molecule has 0 bridgehead atoms. The lowest BCUT2D eigenvalue weighted by molar-refractivity contribution is 0.454. The van der Waals surface area contributed by atoms with Gasteiger partial charge in [-0.15, -0.1) is 0 Å². The summed E-state index contributed by atoms with van der Waals surface area (Å²) < 4.78 is 33.1. The normalized spacial score (nSPS) is 12.3. The minimum absolute atomic E-state index is 0.263. The number of halogens is 3. The van der Waals surface area contributed by atoms with E-state index >= 15 is 0 Å². The van der Waals surface area contributed by atoms with E-state index in [1.165, 1.54) is 30.3 Å². The molecule has 0 unspecified atom stereocenters. The molecule has 2 aromatic carbocycles. The van der Waals surface area contributed by atoms with Gasteiger partial charge in [0.2, 0.25) is 0 Å². The minimum Gasteiger partial charge on any atom is -0.456 e. The Balaban J connectivity index is 2.44. The van der Waals surface area contributed by atoms with Crippen molar-refractivity contribution in [2.24, 2.45) is 5.73 Å². The summed E-state index contributed by atoms with van der Waals surface area (Å²) in [5, 5.41) is 0. The van der Waals surface area contributed by atoms with Gasteiger partial charge < -0.3 is 10.5 Å². The van der Waals surface area contributed by atoms with Crippen LogP contribution in [-0.2, 0) is 0 Å². The number of benzene rings is 2. The van der Waals surface area contributed by atoms with Crippen molar-refractivity contribution in [2.75, 3.05) is 0 Å². The number of ether oxygens (including phenoxy) is 1. The van der Waals surface area contributed by atoms with Crippen LogP contribution in [0.15, 0.2) is 40.9 Å². The predicted molar refractivity (Wildman–Crippen MR) is 73.2 cm³/mol. The molecule has 0 heterocycles. The van der Waals surface area contributed by atoms with E-state index in [2.05, 4.69) is 15.9 Å². The zero-order valence-corrected chi connectivity index (χ0v) is 11.7. The monoisotopic (exact) mass is 327 g/mol.